The summed E-state index contributed by atoms with van der Waals surface area (Å²) < 4.78 is 47.2. The van der Waals surface area contributed by atoms with E-state index < -0.39 is 11.7 Å². The number of rotatable bonds is 8. The maximum Gasteiger partial charge on any atom is 0.416 e. The maximum absolute atomic E-state index is 14.2. The van der Waals surface area contributed by atoms with Gasteiger partial charge in [0.15, 0.2) is 0 Å². The number of nitriles is 2. The predicted octanol–water partition coefficient (Wildman–Crippen LogP) is 21.1. The van der Waals surface area contributed by atoms with Gasteiger partial charge in [0.05, 0.1) is 56.6 Å². The Labute approximate surface area is 487 Å². The second kappa shape index (κ2) is 20.3. The second-order valence-corrected chi connectivity index (χ2v) is 23.0. The van der Waals surface area contributed by atoms with Crippen LogP contribution in [0.25, 0.3) is 122 Å². The third-order valence-electron chi connectivity index (χ3n) is 16.4. The Kier molecular flexibility index (Phi) is 12.9. The molecule has 0 spiro atoms. The average molecular weight is 1100 g/mol. The molecule has 11 aromatic carbocycles. The summed E-state index contributed by atoms with van der Waals surface area (Å²) in [7, 11) is 0. The minimum atomic E-state index is -4.65. The molecule has 0 aliphatic rings. The van der Waals surface area contributed by atoms with E-state index in [4.69, 9.17) is 0 Å². The highest BCUT2D eigenvalue weighted by Crippen LogP contribution is 2.45. The molecule has 13 aromatic rings. The molecule has 0 N–H and O–H groups in total. The van der Waals surface area contributed by atoms with E-state index in [2.05, 4.69) is 228 Å². The van der Waals surface area contributed by atoms with Crippen LogP contribution in [0, 0.1) is 78.1 Å². The molecule has 0 saturated heterocycles. The maximum atomic E-state index is 14.2. The molecule has 0 atom stereocenters. The number of nitrogens with zero attached hydrogens (tertiary/aromatic N) is 4. The van der Waals surface area contributed by atoms with E-state index in [1.807, 2.05) is 30.3 Å². The Hall–Kier alpha value is -10.2. The van der Waals surface area contributed by atoms with Gasteiger partial charge in [-0.15, -0.1) is 0 Å². The van der Waals surface area contributed by atoms with E-state index in [9.17, 15) is 23.7 Å². The van der Waals surface area contributed by atoms with Gasteiger partial charge in [-0.3, -0.25) is 0 Å². The van der Waals surface area contributed by atoms with Gasteiger partial charge in [0.25, 0.3) is 0 Å². The molecule has 406 valence electrons. The van der Waals surface area contributed by atoms with Crippen LogP contribution in [0.15, 0.2) is 200 Å². The highest BCUT2D eigenvalue weighted by Gasteiger charge is 2.31. The topological polar surface area (TPSA) is 57.4 Å². The van der Waals surface area contributed by atoms with E-state index in [1.165, 1.54) is 50.6 Å². The fourth-order valence-corrected chi connectivity index (χ4v) is 13.0. The molecule has 0 saturated carbocycles. The fraction of sp³-hybridized carbons (Fsp3) is 0.117. The van der Waals surface area contributed by atoms with Gasteiger partial charge in [-0.2, -0.15) is 23.7 Å². The Balaban J connectivity index is 1.09. The van der Waals surface area contributed by atoms with Crippen LogP contribution in [0.1, 0.15) is 61.2 Å². The highest BCUT2D eigenvalue weighted by atomic mass is 19.4. The van der Waals surface area contributed by atoms with Crippen LogP contribution in [-0.2, 0) is 6.18 Å². The lowest BCUT2D eigenvalue weighted by Crippen LogP contribution is -2.05. The summed E-state index contributed by atoms with van der Waals surface area (Å²) in [5, 5.41) is 26.0. The zero-order chi connectivity index (χ0) is 58.5. The number of aromatic nitrogens is 2. The number of halogens is 3. The smallest absolute Gasteiger partial charge is 0.309 e. The largest absolute Gasteiger partial charge is 0.416 e. The lowest BCUT2D eigenvalue weighted by atomic mass is 9.91. The number of alkyl halides is 3. The van der Waals surface area contributed by atoms with Crippen molar-refractivity contribution in [2.75, 3.05) is 0 Å². The molecule has 13 rings (SSSR count). The Bertz CT molecular complexity index is 4710. The van der Waals surface area contributed by atoms with Crippen LogP contribution in [-0.4, -0.2) is 9.13 Å². The Morgan fingerprint density at radius 2 is 0.667 bits per heavy atom. The number of aryl methyl sites for hydroxylation is 8. The van der Waals surface area contributed by atoms with Gasteiger partial charge in [0.2, 0.25) is 0 Å². The van der Waals surface area contributed by atoms with E-state index in [0.29, 0.717) is 27.8 Å². The van der Waals surface area contributed by atoms with Gasteiger partial charge in [-0.05, 0) is 202 Å². The molecule has 2 aromatic heterocycles. The first-order chi connectivity index (χ1) is 40.4. The summed E-state index contributed by atoms with van der Waals surface area (Å²) >= 11 is 0. The molecule has 0 fully saturated rings. The first-order valence-electron chi connectivity index (χ1n) is 28.2. The van der Waals surface area contributed by atoms with Gasteiger partial charge in [-0.25, -0.2) is 0 Å². The van der Waals surface area contributed by atoms with Crippen molar-refractivity contribution in [1.29, 1.82) is 10.5 Å². The molecule has 0 aliphatic carbocycles. The lowest BCUT2D eigenvalue weighted by molar-refractivity contribution is -0.137. The monoisotopic (exact) mass is 1090 g/mol. The van der Waals surface area contributed by atoms with Crippen LogP contribution >= 0.6 is 0 Å². The van der Waals surface area contributed by atoms with Gasteiger partial charge >= 0.3 is 6.18 Å². The van der Waals surface area contributed by atoms with Crippen molar-refractivity contribution in [3.63, 3.8) is 0 Å². The number of hydrogen-bond donors (Lipinski definition) is 0. The van der Waals surface area contributed by atoms with Gasteiger partial charge < -0.3 is 9.13 Å². The number of fused-ring (bicyclic) bond motifs is 6. The highest BCUT2D eigenvalue weighted by molar-refractivity contribution is 6.14. The van der Waals surface area contributed by atoms with Crippen molar-refractivity contribution in [3.8, 4) is 90.3 Å². The van der Waals surface area contributed by atoms with Crippen molar-refractivity contribution in [2.24, 2.45) is 0 Å². The summed E-state index contributed by atoms with van der Waals surface area (Å²) in [6.45, 7) is 17.0. The SMILES string of the molecule is Cc1cc(C)cc(-c2ccc3c(c2)c2cc(-c4cc(C)cc(C)c4)ccc2n3-c2ccc(C#N)c(-c3cc(-c4ccc(C(F)(F)F)cc4C#N)ccc3-n3c4ccc(-c5cc(C)cc(C)c5)cc4c4cc(-c5cc(C)cc(C)c5)ccc43)c2)c1. The lowest BCUT2D eigenvalue weighted by Gasteiger charge is -2.19. The minimum Gasteiger partial charge on any atom is -0.309 e. The van der Waals surface area contributed by atoms with Crippen molar-refractivity contribution in [2.45, 2.75) is 61.6 Å². The van der Waals surface area contributed by atoms with Gasteiger partial charge in [-0.1, -0.05) is 154 Å². The zero-order valence-corrected chi connectivity index (χ0v) is 48.0. The molecule has 7 heteroatoms. The average Bonchev–Trinajstić information content (AvgIpc) is 1.71. The van der Waals surface area contributed by atoms with Crippen molar-refractivity contribution in [3.05, 3.63) is 261 Å². The molecule has 0 unspecified atom stereocenters. The molecule has 4 nitrogen and oxygen atoms in total. The molecule has 84 heavy (non-hydrogen) atoms. The molecule has 0 aliphatic heterocycles. The molecule has 2 heterocycles. The first kappa shape index (κ1) is 53.1. The predicted molar refractivity (Wildman–Crippen MR) is 340 cm³/mol. The van der Waals surface area contributed by atoms with E-state index in [1.54, 1.807) is 0 Å². The molecular weight excluding hydrogens is 1040 g/mol. The summed E-state index contributed by atoms with van der Waals surface area (Å²) in [5.41, 5.74) is 25.1. The summed E-state index contributed by atoms with van der Waals surface area (Å²) in [4.78, 5) is 0. The van der Waals surface area contributed by atoms with Crippen molar-refractivity contribution >= 4 is 43.6 Å². The third kappa shape index (κ3) is 9.48. The van der Waals surface area contributed by atoms with Crippen LogP contribution in [0.2, 0.25) is 0 Å². The summed E-state index contributed by atoms with van der Waals surface area (Å²) in [6.07, 6.45) is -4.65. The first-order valence-corrected chi connectivity index (χ1v) is 28.2. The fourth-order valence-electron chi connectivity index (χ4n) is 13.0. The van der Waals surface area contributed by atoms with Gasteiger partial charge in [0.1, 0.15) is 0 Å². The quantitative estimate of drug-likeness (QED) is 0.152. The molecule has 0 bridgehead atoms. The summed E-state index contributed by atoms with van der Waals surface area (Å²) in [5.74, 6) is 0. The molecule has 0 amide bonds. The van der Waals surface area contributed by atoms with E-state index in [0.717, 1.165) is 112 Å². The number of hydrogen-bond acceptors (Lipinski definition) is 2. The minimum absolute atomic E-state index is 0.113. The van der Waals surface area contributed by atoms with Crippen LogP contribution < -0.4 is 0 Å². The normalized spacial score (nSPS) is 11.7. The standard InChI is InChI=1S/C77H57F3N4/c1-44-23-45(2)28-58(27-44)52-10-18-72-68(36-52)69-37-53(59-29-46(3)24-47(4)30-59)11-19-73(69)83(72)64-16-9-57(42-81)66(41-64)67-40-56(65-17-15-63(77(78,79)80)35-62(65)43-82)14-22-74(67)84-75-20-12-54(60-31-48(5)25-49(6)32-60)38-70(75)71-39-55(13-21-76(71)84)61-33-50(7)26-51(8)34-61/h9-41H,1-8H3. The number of benzene rings is 11. The zero-order valence-electron chi connectivity index (χ0n) is 48.0. The van der Waals surface area contributed by atoms with Crippen molar-refractivity contribution < 1.29 is 13.2 Å². The van der Waals surface area contributed by atoms with Gasteiger partial charge in [0, 0.05) is 38.4 Å². The van der Waals surface area contributed by atoms with Crippen LogP contribution in [0.4, 0.5) is 13.2 Å². The second-order valence-electron chi connectivity index (χ2n) is 23.0. The van der Waals surface area contributed by atoms with Crippen LogP contribution in [0.3, 0.4) is 0 Å². The Morgan fingerprint density at radius 3 is 1.04 bits per heavy atom. The Morgan fingerprint density at radius 1 is 0.298 bits per heavy atom. The third-order valence-corrected chi connectivity index (χ3v) is 16.4. The van der Waals surface area contributed by atoms with Crippen LogP contribution in [0.5, 0.6) is 0 Å². The summed E-state index contributed by atoms with van der Waals surface area (Å²) in [6, 6.07) is 72.6. The van der Waals surface area contributed by atoms with E-state index in [-0.39, 0.29) is 5.56 Å². The molecule has 0 radical (unpaired) electrons. The van der Waals surface area contributed by atoms with E-state index >= 15 is 0 Å². The molecular formula is C77H57F3N4. The van der Waals surface area contributed by atoms with Crippen molar-refractivity contribution in [1.82, 2.24) is 9.13 Å².